The van der Waals surface area contributed by atoms with Crippen LogP contribution >= 0.6 is 0 Å². The number of hydrogen-bond acceptors (Lipinski definition) is 2. The normalized spacial score (nSPS) is 12.6. The van der Waals surface area contributed by atoms with Crippen LogP contribution in [0.25, 0.3) is 0 Å². The maximum absolute atomic E-state index is 12.8. The van der Waals surface area contributed by atoms with Crippen LogP contribution in [0, 0.1) is 5.82 Å². The lowest BCUT2D eigenvalue weighted by Crippen LogP contribution is -2.30. The first kappa shape index (κ1) is 12.8. The van der Waals surface area contributed by atoms with Crippen molar-refractivity contribution in [3.05, 3.63) is 53.9 Å². The van der Waals surface area contributed by atoms with E-state index in [0.29, 0.717) is 6.04 Å². The van der Waals surface area contributed by atoms with Gasteiger partial charge in [0, 0.05) is 31.4 Å². The van der Waals surface area contributed by atoms with Gasteiger partial charge < -0.3 is 10.3 Å². The summed E-state index contributed by atoms with van der Waals surface area (Å²) < 4.78 is 12.8. The molecule has 0 saturated heterocycles. The highest BCUT2D eigenvalue weighted by Crippen LogP contribution is 2.05. The van der Waals surface area contributed by atoms with Crippen LogP contribution in [0.1, 0.15) is 18.3 Å². The van der Waals surface area contributed by atoms with Crippen molar-refractivity contribution in [2.45, 2.75) is 25.8 Å². The summed E-state index contributed by atoms with van der Waals surface area (Å²) in [4.78, 5) is 7.24. The number of halogens is 1. The molecule has 0 fully saturated rings. The summed E-state index contributed by atoms with van der Waals surface area (Å²) in [7, 11) is 0. The van der Waals surface area contributed by atoms with Crippen LogP contribution < -0.4 is 5.32 Å². The molecular formula is C14H18FN3. The highest BCUT2D eigenvalue weighted by molar-refractivity contribution is 5.16. The smallest absolute Gasteiger partial charge is 0.123 e. The van der Waals surface area contributed by atoms with E-state index in [0.717, 1.165) is 30.8 Å². The van der Waals surface area contributed by atoms with E-state index in [2.05, 4.69) is 22.2 Å². The monoisotopic (exact) mass is 247 g/mol. The minimum Gasteiger partial charge on any atom is -0.349 e. The van der Waals surface area contributed by atoms with E-state index < -0.39 is 0 Å². The van der Waals surface area contributed by atoms with Crippen LogP contribution in [-0.2, 0) is 12.8 Å². The number of aromatic nitrogens is 2. The van der Waals surface area contributed by atoms with Crippen LogP contribution in [0.3, 0.4) is 0 Å². The fraction of sp³-hybridized carbons (Fsp3) is 0.357. The lowest BCUT2D eigenvalue weighted by Gasteiger charge is -2.13. The Morgan fingerprint density at radius 2 is 2.11 bits per heavy atom. The first-order chi connectivity index (χ1) is 8.74. The van der Waals surface area contributed by atoms with E-state index in [1.54, 1.807) is 6.20 Å². The summed E-state index contributed by atoms with van der Waals surface area (Å²) >= 11 is 0. The molecule has 1 heterocycles. The largest absolute Gasteiger partial charge is 0.349 e. The number of H-pyrrole nitrogens is 1. The van der Waals surface area contributed by atoms with Crippen molar-refractivity contribution in [3.8, 4) is 0 Å². The molecule has 96 valence electrons. The Balaban J connectivity index is 1.71. The molecule has 2 aromatic rings. The summed E-state index contributed by atoms with van der Waals surface area (Å²) in [5, 5.41) is 3.43. The van der Waals surface area contributed by atoms with Gasteiger partial charge >= 0.3 is 0 Å². The zero-order valence-electron chi connectivity index (χ0n) is 10.5. The molecule has 0 amide bonds. The predicted octanol–water partition coefficient (Wildman–Crippen LogP) is 2.31. The van der Waals surface area contributed by atoms with Crippen molar-refractivity contribution < 1.29 is 4.39 Å². The van der Waals surface area contributed by atoms with Crippen molar-refractivity contribution in [1.82, 2.24) is 15.3 Å². The highest BCUT2D eigenvalue weighted by atomic mass is 19.1. The Bertz CT molecular complexity index is 450. The summed E-state index contributed by atoms with van der Waals surface area (Å²) in [6.45, 7) is 3.02. The van der Waals surface area contributed by atoms with E-state index in [4.69, 9.17) is 0 Å². The summed E-state index contributed by atoms with van der Waals surface area (Å²) in [6.07, 6.45) is 5.38. The van der Waals surface area contributed by atoms with E-state index in [1.165, 1.54) is 12.1 Å². The number of benzene rings is 1. The van der Waals surface area contributed by atoms with Gasteiger partial charge in [0.2, 0.25) is 0 Å². The lowest BCUT2D eigenvalue weighted by molar-refractivity contribution is 0.543. The molecule has 4 heteroatoms. The summed E-state index contributed by atoms with van der Waals surface area (Å²) in [6, 6.07) is 7.04. The molecule has 0 spiro atoms. The van der Waals surface area contributed by atoms with Gasteiger partial charge in [-0.2, -0.15) is 0 Å². The Kier molecular flexibility index (Phi) is 4.47. The van der Waals surface area contributed by atoms with Crippen LogP contribution in [-0.4, -0.2) is 22.6 Å². The molecule has 0 aliphatic heterocycles. The van der Waals surface area contributed by atoms with Gasteiger partial charge in [0.1, 0.15) is 11.6 Å². The van der Waals surface area contributed by atoms with Crippen LogP contribution in [0.5, 0.6) is 0 Å². The lowest BCUT2D eigenvalue weighted by atomic mass is 10.1. The second-order valence-electron chi connectivity index (χ2n) is 4.47. The van der Waals surface area contributed by atoms with Crippen molar-refractivity contribution >= 4 is 0 Å². The summed E-state index contributed by atoms with van der Waals surface area (Å²) in [5.74, 6) is 0.814. The molecule has 0 aliphatic carbocycles. The van der Waals surface area contributed by atoms with Gasteiger partial charge in [0.15, 0.2) is 0 Å². The Hall–Kier alpha value is -1.68. The third-order valence-corrected chi connectivity index (χ3v) is 2.86. The number of aromatic amines is 1. The first-order valence-corrected chi connectivity index (χ1v) is 6.20. The minimum absolute atomic E-state index is 0.183. The predicted molar refractivity (Wildman–Crippen MR) is 69.9 cm³/mol. The Morgan fingerprint density at radius 1 is 1.33 bits per heavy atom. The fourth-order valence-corrected chi connectivity index (χ4v) is 1.92. The molecule has 0 aliphatic rings. The number of rotatable bonds is 6. The molecule has 0 radical (unpaired) electrons. The average Bonchev–Trinajstić information content (AvgIpc) is 2.85. The van der Waals surface area contributed by atoms with Crippen molar-refractivity contribution in [2.24, 2.45) is 0 Å². The van der Waals surface area contributed by atoms with Gasteiger partial charge in [-0.1, -0.05) is 12.1 Å². The Labute approximate surface area is 106 Å². The standard InChI is InChI=1S/C14H18FN3/c1-11(10-12-2-4-13(15)5-3-12)16-7-6-14-17-8-9-18-14/h2-5,8-9,11,16H,6-7,10H2,1H3,(H,17,18). The SMILES string of the molecule is CC(Cc1ccc(F)cc1)NCCc1ncc[nH]1. The topological polar surface area (TPSA) is 40.7 Å². The second-order valence-corrected chi connectivity index (χ2v) is 4.47. The molecule has 0 bridgehead atoms. The van der Waals surface area contributed by atoms with E-state index >= 15 is 0 Å². The first-order valence-electron chi connectivity index (χ1n) is 6.20. The van der Waals surface area contributed by atoms with Gasteiger partial charge in [-0.3, -0.25) is 0 Å². The molecule has 2 N–H and O–H groups in total. The third kappa shape index (κ3) is 3.96. The molecule has 1 aromatic carbocycles. The summed E-state index contributed by atoms with van der Waals surface area (Å²) in [5.41, 5.74) is 1.15. The third-order valence-electron chi connectivity index (χ3n) is 2.86. The van der Waals surface area contributed by atoms with E-state index in [-0.39, 0.29) is 5.82 Å². The minimum atomic E-state index is -0.183. The Morgan fingerprint density at radius 3 is 2.78 bits per heavy atom. The molecule has 0 saturated carbocycles. The molecule has 18 heavy (non-hydrogen) atoms. The second kappa shape index (κ2) is 6.31. The number of imidazole rings is 1. The molecule has 3 nitrogen and oxygen atoms in total. The van der Waals surface area contributed by atoms with Gasteiger partial charge in [-0.15, -0.1) is 0 Å². The van der Waals surface area contributed by atoms with Crippen molar-refractivity contribution in [2.75, 3.05) is 6.54 Å². The van der Waals surface area contributed by atoms with Crippen molar-refractivity contribution in [1.29, 1.82) is 0 Å². The number of nitrogens with one attached hydrogen (secondary N) is 2. The molecule has 1 atom stereocenters. The van der Waals surface area contributed by atoms with Gasteiger partial charge in [-0.05, 0) is 31.0 Å². The highest BCUT2D eigenvalue weighted by Gasteiger charge is 2.03. The van der Waals surface area contributed by atoms with E-state index in [1.807, 2.05) is 18.3 Å². The molecule has 2 rings (SSSR count). The molecule has 1 unspecified atom stereocenters. The maximum Gasteiger partial charge on any atom is 0.123 e. The van der Waals surface area contributed by atoms with Crippen molar-refractivity contribution in [3.63, 3.8) is 0 Å². The average molecular weight is 247 g/mol. The zero-order valence-corrected chi connectivity index (χ0v) is 10.5. The number of hydrogen-bond donors (Lipinski definition) is 2. The van der Waals surface area contributed by atoms with Gasteiger partial charge in [0.25, 0.3) is 0 Å². The van der Waals surface area contributed by atoms with Gasteiger partial charge in [-0.25, -0.2) is 9.37 Å². The number of nitrogens with zero attached hydrogens (tertiary/aromatic N) is 1. The molecular weight excluding hydrogens is 229 g/mol. The van der Waals surface area contributed by atoms with E-state index in [9.17, 15) is 4.39 Å². The zero-order chi connectivity index (χ0) is 12.8. The maximum atomic E-state index is 12.8. The van der Waals surface area contributed by atoms with Crippen LogP contribution in [0.4, 0.5) is 4.39 Å². The molecule has 1 aromatic heterocycles. The van der Waals surface area contributed by atoms with Gasteiger partial charge in [0.05, 0.1) is 0 Å². The van der Waals surface area contributed by atoms with Crippen LogP contribution in [0.15, 0.2) is 36.7 Å². The fourth-order valence-electron chi connectivity index (χ4n) is 1.92. The van der Waals surface area contributed by atoms with Crippen LogP contribution in [0.2, 0.25) is 0 Å². The quantitative estimate of drug-likeness (QED) is 0.822.